The first kappa shape index (κ1) is 14.0. The number of ether oxygens (including phenoxy) is 2. The molecule has 3 rings (SSSR count). The van der Waals surface area contributed by atoms with Crippen LogP contribution >= 0.6 is 11.8 Å². The Balaban J connectivity index is 1.95. The van der Waals surface area contributed by atoms with Crippen LogP contribution in [0.25, 0.3) is 0 Å². The Labute approximate surface area is 127 Å². The first-order chi connectivity index (χ1) is 10.0. The molecule has 21 heavy (non-hydrogen) atoms. The Morgan fingerprint density at radius 3 is 2.19 bits per heavy atom. The summed E-state index contributed by atoms with van der Waals surface area (Å²) < 4.78 is 11.1. The molecule has 110 valence electrons. The average molecular weight is 303 g/mol. The second-order valence-corrected chi connectivity index (χ2v) is 5.95. The number of hydrogen-bond acceptors (Lipinski definition) is 6. The van der Waals surface area contributed by atoms with Gasteiger partial charge in [0, 0.05) is 34.1 Å². The maximum atomic E-state index is 6.09. The Bertz CT molecular complexity index is 681. The molecule has 0 amide bonds. The van der Waals surface area contributed by atoms with Crippen LogP contribution in [0.2, 0.25) is 0 Å². The fourth-order valence-corrected chi connectivity index (χ4v) is 2.96. The molecule has 1 aromatic heterocycles. The van der Waals surface area contributed by atoms with Crippen LogP contribution < -0.4 is 15.2 Å². The molecule has 0 radical (unpaired) electrons. The molecule has 0 spiro atoms. The van der Waals surface area contributed by atoms with Crippen LogP contribution in [0.1, 0.15) is 17.0 Å². The molecule has 1 aliphatic rings. The normalized spacial score (nSPS) is 13.3. The van der Waals surface area contributed by atoms with Gasteiger partial charge in [-0.25, -0.2) is 9.97 Å². The van der Waals surface area contributed by atoms with Gasteiger partial charge < -0.3 is 15.2 Å². The van der Waals surface area contributed by atoms with E-state index in [2.05, 4.69) is 9.97 Å². The first-order valence-electron chi connectivity index (χ1n) is 6.73. The highest BCUT2D eigenvalue weighted by Crippen LogP contribution is 2.40. The second-order valence-electron chi connectivity index (χ2n) is 4.94. The standard InChI is InChI=1S/C15H17N3O2S/c1-8-9(2)17-15(18-10(8)3)21-14-7-13-12(6-11(14)16)19-4-5-20-13/h6-7H,4-5,16H2,1-3H3. The fourth-order valence-electron chi connectivity index (χ4n) is 2.06. The number of nitrogens with two attached hydrogens (primary N) is 1. The minimum Gasteiger partial charge on any atom is -0.486 e. The molecule has 2 aromatic rings. The molecule has 0 saturated heterocycles. The zero-order valence-electron chi connectivity index (χ0n) is 12.3. The topological polar surface area (TPSA) is 70.3 Å². The summed E-state index contributed by atoms with van der Waals surface area (Å²) in [6, 6.07) is 3.69. The predicted molar refractivity (Wildman–Crippen MR) is 82.2 cm³/mol. The van der Waals surface area contributed by atoms with E-state index in [1.807, 2.05) is 26.8 Å². The Morgan fingerprint density at radius 2 is 1.57 bits per heavy atom. The number of aryl methyl sites for hydroxylation is 2. The molecular weight excluding hydrogens is 286 g/mol. The van der Waals surface area contributed by atoms with Crippen LogP contribution in [-0.4, -0.2) is 23.2 Å². The van der Waals surface area contributed by atoms with E-state index < -0.39 is 0 Å². The number of rotatable bonds is 2. The number of fused-ring (bicyclic) bond motifs is 1. The van der Waals surface area contributed by atoms with Crippen molar-refractivity contribution in [1.29, 1.82) is 0 Å². The maximum Gasteiger partial charge on any atom is 0.192 e. The van der Waals surface area contributed by atoms with Crippen molar-refractivity contribution in [2.45, 2.75) is 30.8 Å². The van der Waals surface area contributed by atoms with Gasteiger partial charge in [0.2, 0.25) is 0 Å². The van der Waals surface area contributed by atoms with E-state index >= 15 is 0 Å². The molecule has 2 N–H and O–H groups in total. The average Bonchev–Trinajstić information content (AvgIpc) is 2.45. The van der Waals surface area contributed by atoms with Crippen LogP contribution in [-0.2, 0) is 0 Å². The van der Waals surface area contributed by atoms with Gasteiger partial charge in [-0.05, 0) is 38.1 Å². The largest absolute Gasteiger partial charge is 0.486 e. The van der Waals surface area contributed by atoms with Crippen LogP contribution in [0, 0.1) is 20.8 Å². The van der Waals surface area contributed by atoms with E-state index in [1.165, 1.54) is 11.8 Å². The number of anilines is 1. The Kier molecular flexibility index (Phi) is 3.63. The summed E-state index contributed by atoms with van der Waals surface area (Å²) in [7, 11) is 0. The SMILES string of the molecule is Cc1nc(Sc2cc3c(cc2N)OCCO3)nc(C)c1C. The molecule has 0 fully saturated rings. The second kappa shape index (κ2) is 5.44. The molecule has 6 heteroatoms. The number of nitrogen functional groups attached to an aromatic ring is 1. The quantitative estimate of drug-likeness (QED) is 0.679. The number of benzene rings is 1. The van der Waals surface area contributed by atoms with E-state index in [4.69, 9.17) is 15.2 Å². The molecule has 0 saturated carbocycles. The Morgan fingerprint density at radius 1 is 1.00 bits per heavy atom. The van der Waals surface area contributed by atoms with Crippen molar-refractivity contribution in [2.75, 3.05) is 18.9 Å². The lowest BCUT2D eigenvalue weighted by Gasteiger charge is -2.19. The summed E-state index contributed by atoms with van der Waals surface area (Å²) in [5.74, 6) is 1.42. The molecule has 1 aromatic carbocycles. The third-order valence-corrected chi connectivity index (χ3v) is 4.43. The summed E-state index contributed by atoms with van der Waals surface area (Å²) in [5.41, 5.74) is 9.82. The molecule has 0 aliphatic carbocycles. The zero-order chi connectivity index (χ0) is 15.0. The number of nitrogens with zero attached hydrogens (tertiary/aromatic N) is 2. The summed E-state index contributed by atoms with van der Waals surface area (Å²) in [5, 5.41) is 0.693. The molecule has 0 atom stereocenters. The van der Waals surface area contributed by atoms with Gasteiger partial charge in [-0.3, -0.25) is 0 Å². The molecule has 0 bridgehead atoms. The summed E-state index contributed by atoms with van der Waals surface area (Å²) in [6.07, 6.45) is 0. The number of aromatic nitrogens is 2. The van der Waals surface area contributed by atoms with Crippen LogP contribution in [0.5, 0.6) is 11.5 Å². The summed E-state index contributed by atoms with van der Waals surface area (Å²) >= 11 is 1.44. The zero-order valence-corrected chi connectivity index (χ0v) is 13.1. The van der Waals surface area contributed by atoms with Crippen LogP contribution in [0.15, 0.2) is 22.2 Å². The lowest BCUT2D eigenvalue weighted by Crippen LogP contribution is -2.15. The van der Waals surface area contributed by atoms with Gasteiger partial charge in [-0.15, -0.1) is 0 Å². The fraction of sp³-hybridized carbons (Fsp3) is 0.333. The Hall–Kier alpha value is -1.95. The highest BCUT2D eigenvalue weighted by atomic mass is 32.2. The van der Waals surface area contributed by atoms with E-state index in [1.54, 1.807) is 6.07 Å². The van der Waals surface area contributed by atoms with Crippen molar-refractivity contribution in [3.8, 4) is 11.5 Å². The van der Waals surface area contributed by atoms with Gasteiger partial charge in [0.1, 0.15) is 13.2 Å². The van der Waals surface area contributed by atoms with E-state index in [9.17, 15) is 0 Å². The van der Waals surface area contributed by atoms with Gasteiger partial charge in [0.25, 0.3) is 0 Å². The van der Waals surface area contributed by atoms with Crippen molar-refractivity contribution in [2.24, 2.45) is 0 Å². The maximum absolute atomic E-state index is 6.09. The van der Waals surface area contributed by atoms with Crippen molar-refractivity contribution in [3.05, 3.63) is 29.1 Å². The highest BCUT2D eigenvalue weighted by Gasteiger charge is 2.16. The van der Waals surface area contributed by atoms with Crippen LogP contribution in [0.4, 0.5) is 5.69 Å². The predicted octanol–water partition coefficient (Wildman–Crippen LogP) is 2.91. The molecule has 5 nitrogen and oxygen atoms in total. The molecule has 1 aliphatic heterocycles. The molecular formula is C15H17N3O2S. The third-order valence-electron chi connectivity index (χ3n) is 3.49. The summed E-state index contributed by atoms with van der Waals surface area (Å²) in [4.78, 5) is 9.89. The van der Waals surface area contributed by atoms with Crippen molar-refractivity contribution in [3.63, 3.8) is 0 Å². The minimum absolute atomic E-state index is 0.554. The highest BCUT2D eigenvalue weighted by molar-refractivity contribution is 7.99. The van der Waals surface area contributed by atoms with Gasteiger partial charge >= 0.3 is 0 Å². The smallest absolute Gasteiger partial charge is 0.192 e. The number of hydrogen-bond donors (Lipinski definition) is 1. The summed E-state index contributed by atoms with van der Waals surface area (Å²) in [6.45, 7) is 7.11. The first-order valence-corrected chi connectivity index (χ1v) is 7.55. The van der Waals surface area contributed by atoms with E-state index in [0.717, 1.165) is 27.6 Å². The van der Waals surface area contributed by atoms with Gasteiger partial charge in [0.05, 0.1) is 0 Å². The monoisotopic (exact) mass is 303 g/mol. The van der Waals surface area contributed by atoms with Crippen molar-refractivity contribution >= 4 is 17.4 Å². The van der Waals surface area contributed by atoms with E-state index in [0.29, 0.717) is 29.8 Å². The lowest BCUT2D eigenvalue weighted by molar-refractivity contribution is 0.171. The van der Waals surface area contributed by atoms with Crippen molar-refractivity contribution in [1.82, 2.24) is 9.97 Å². The van der Waals surface area contributed by atoms with Gasteiger partial charge in [-0.1, -0.05) is 0 Å². The lowest BCUT2D eigenvalue weighted by atomic mass is 10.2. The van der Waals surface area contributed by atoms with Gasteiger partial charge in [0.15, 0.2) is 16.7 Å². The van der Waals surface area contributed by atoms with Gasteiger partial charge in [-0.2, -0.15) is 0 Å². The molecule has 0 unspecified atom stereocenters. The third kappa shape index (κ3) is 2.76. The molecule has 2 heterocycles. The van der Waals surface area contributed by atoms with Crippen molar-refractivity contribution < 1.29 is 9.47 Å². The minimum atomic E-state index is 0.554. The van der Waals surface area contributed by atoms with Crippen LogP contribution in [0.3, 0.4) is 0 Å². The van der Waals surface area contributed by atoms with E-state index in [-0.39, 0.29) is 0 Å².